The molecule has 2 rings (SSSR count). The summed E-state index contributed by atoms with van der Waals surface area (Å²) in [5.74, 6) is -0.350. The van der Waals surface area contributed by atoms with Crippen molar-refractivity contribution in [1.82, 2.24) is 4.90 Å². The zero-order valence-corrected chi connectivity index (χ0v) is 14.3. The number of nitrogens with two attached hydrogens (primary N) is 1. The lowest BCUT2D eigenvalue weighted by molar-refractivity contribution is 0.0529. The molecule has 2 N–H and O–H groups in total. The van der Waals surface area contributed by atoms with E-state index in [1.54, 1.807) is 6.92 Å². The van der Waals surface area contributed by atoms with Crippen molar-refractivity contribution < 1.29 is 9.53 Å². The lowest BCUT2D eigenvalue weighted by Crippen LogP contribution is -2.11. The number of anilines is 1. The van der Waals surface area contributed by atoms with Gasteiger partial charge in [-0.05, 0) is 33.5 Å². The number of carbonyl (C=O) groups is 1. The summed E-state index contributed by atoms with van der Waals surface area (Å²) in [6.45, 7) is 4.91. The summed E-state index contributed by atoms with van der Waals surface area (Å²) in [7, 11) is 4.00. The van der Waals surface area contributed by atoms with E-state index in [1.165, 1.54) is 16.9 Å². The molecule has 0 spiro atoms. The smallest absolute Gasteiger partial charge is 0.341 e. The Morgan fingerprint density at radius 1 is 1.27 bits per heavy atom. The molecule has 1 heterocycles. The highest BCUT2D eigenvalue weighted by molar-refractivity contribution is 7.17. The number of carbonyl (C=O) groups excluding carboxylic acids is 1. The van der Waals surface area contributed by atoms with Gasteiger partial charge in [0, 0.05) is 17.0 Å². The monoisotopic (exact) mass is 318 g/mol. The molecule has 0 amide bonds. The Bertz CT molecular complexity index is 660. The van der Waals surface area contributed by atoms with E-state index in [1.807, 2.05) is 45.3 Å². The van der Waals surface area contributed by atoms with E-state index in [0.717, 1.165) is 22.5 Å². The summed E-state index contributed by atoms with van der Waals surface area (Å²) < 4.78 is 5.19. The van der Waals surface area contributed by atoms with Gasteiger partial charge in [-0.3, -0.25) is 0 Å². The third kappa shape index (κ3) is 3.48. The summed E-state index contributed by atoms with van der Waals surface area (Å²) in [5, 5.41) is 0.519. The molecule has 5 heteroatoms. The van der Waals surface area contributed by atoms with Crippen LogP contribution in [0.3, 0.4) is 0 Å². The Hall–Kier alpha value is -1.85. The largest absolute Gasteiger partial charge is 0.462 e. The van der Waals surface area contributed by atoms with Gasteiger partial charge in [0.25, 0.3) is 0 Å². The second kappa shape index (κ2) is 6.94. The summed E-state index contributed by atoms with van der Waals surface area (Å²) in [6, 6.07) is 8.13. The van der Waals surface area contributed by atoms with Crippen LogP contribution in [0, 0.1) is 6.92 Å². The number of nitrogens with zero attached hydrogens (tertiary/aromatic N) is 1. The van der Waals surface area contributed by atoms with Crippen molar-refractivity contribution in [3.05, 3.63) is 40.3 Å². The zero-order valence-electron chi connectivity index (χ0n) is 13.5. The van der Waals surface area contributed by atoms with Gasteiger partial charge in [0.15, 0.2) is 0 Å². The third-order valence-electron chi connectivity index (χ3n) is 3.29. The molecule has 0 aliphatic carbocycles. The average Bonchev–Trinajstić information content (AvgIpc) is 2.75. The summed E-state index contributed by atoms with van der Waals surface area (Å²) in [6.07, 6.45) is 0. The van der Waals surface area contributed by atoms with Crippen molar-refractivity contribution in [3.63, 3.8) is 0 Å². The first-order valence-electron chi connectivity index (χ1n) is 7.24. The topological polar surface area (TPSA) is 55.6 Å². The number of nitrogen functional groups attached to an aromatic ring is 1. The zero-order chi connectivity index (χ0) is 16.3. The molecule has 4 nitrogen and oxygen atoms in total. The number of rotatable bonds is 5. The number of esters is 1. The van der Waals surface area contributed by atoms with Gasteiger partial charge < -0.3 is 15.4 Å². The lowest BCUT2D eigenvalue weighted by Gasteiger charge is -2.12. The number of hydrogen-bond acceptors (Lipinski definition) is 5. The highest BCUT2D eigenvalue weighted by Crippen LogP contribution is 2.39. The van der Waals surface area contributed by atoms with Gasteiger partial charge in [-0.1, -0.05) is 29.8 Å². The molecule has 0 fully saturated rings. The molecule has 0 saturated carbocycles. The Labute approximate surface area is 135 Å². The molecular weight excluding hydrogens is 296 g/mol. The minimum absolute atomic E-state index is 0.338. The molecular formula is C17H22N2O2S. The molecule has 0 unspecified atom stereocenters. The molecule has 2 aromatic rings. The second-order valence-electron chi connectivity index (χ2n) is 5.46. The second-order valence-corrected chi connectivity index (χ2v) is 6.60. The lowest BCUT2D eigenvalue weighted by atomic mass is 10.00. The quantitative estimate of drug-likeness (QED) is 0.857. The van der Waals surface area contributed by atoms with Crippen molar-refractivity contribution >= 4 is 22.3 Å². The number of thiophene rings is 1. The maximum atomic E-state index is 12.3. The van der Waals surface area contributed by atoms with Gasteiger partial charge in [-0.25, -0.2) is 4.79 Å². The molecule has 0 radical (unpaired) electrons. The van der Waals surface area contributed by atoms with Crippen LogP contribution in [0.25, 0.3) is 11.1 Å². The van der Waals surface area contributed by atoms with E-state index >= 15 is 0 Å². The molecule has 0 aliphatic rings. The fraction of sp³-hybridized carbons (Fsp3) is 0.353. The van der Waals surface area contributed by atoms with Crippen LogP contribution in [0.5, 0.6) is 0 Å². The summed E-state index contributed by atoms with van der Waals surface area (Å²) in [5.41, 5.74) is 9.68. The maximum Gasteiger partial charge on any atom is 0.341 e. The van der Waals surface area contributed by atoms with Crippen LogP contribution in [0.15, 0.2) is 24.3 Å². The minimum atomic E-state index is -0.350. The summed E-state index contributed by atoms with van der Waals surface area (Å²) in [4.78, 5) is 15.5. The summed E-state index contributed by atoms with van der Waals surface area (Å²) >= 11 is 1.46. The highest BCUT2D eigenvalue weighted by Gasteiger charge is 2.24. The maximum absolute atomic E-state index is 12.3. The van der Waals surface area contributed by atoms with E-state index < -0.39 is 0 Å². The van der Waals surface area contributed by atoms with Gasteiger partial charge in [0.05, 0.1) is 6.61 Å². The molecule has 0 aliphatic heterocycles. The van der Waals surface area contributed by atoms with Crippen molar-refractivity contribution in [2.45, 2.75) is 20.4 Å². The molecule has 0 saturated heterocycles. The number of aryl methyl sites for hydroxylation is 1. The molecule has 22 heavy (non-hydrogen) atoms. The van der Waals surface area contributed by atoms with Crippen molar-refractivity contribution in [2.75, 3.05) is 26.4 Å². The third-order valence-corrected chi connectivity index (χ3v) is 4.29. The Kier molecular flexibility index (Phi) is 5.21. The van der Waals surface area contributed by atoms with E-state index in [4.69, 9.17) is 10.5 Å². The first kappa shape index (κ1) is 16.5. The fourth-order valence-electron chi connectivity index (χ4n) is 2.33. The predicted octanol–water partition coefficient (Wildman–Crippen LogP) is 3.54. The first-order chi connectivity index (χ1) is 10.4. The normalized spacial score (nSPS) is 11.0. The van der Waals surface area contributed by atoms with Crippen LogP contribution in [0.4, 0.5) is 5.00 Å². The van der Waals surface area contributed by atoms with Crippen LogP contribution in [0.1, 0.15) is 27.7 Å². The Morgan fingerprint density at radius 2 is 1.91 bits per heavy atom. The first-order valence-corrected chi connectivity index (χ1v) is 8.05. The highest BCUT2D eigenvalue weighted by atomic mass is 32.1. The standard InChI is InChI=1S/C17H22N2O2S/c1-5-21-17(20)15-14(12-8-6-11(2)7-9-12)13(10-19(3)4)22-16(15)18/h6-9H,5,10,18H2,1-4H3. The minimum Gasteiger partial charge on any atom is -0.462 e. The molecule has 0 bridgehead atoms. The molecule has 118 valence electrons. The average molecular weight is 318 g/mol. The Morgan fingerprint density at radius 3 is 2.45 bits per heavy atom. The predicted molar refractivity (Wildman–Crippen MR) is 92.3 cm³/mol. The van der Waals surface area contributed by atoms with Crippen LogP contribution in [0.2, 0.25) is 0 Å². The van der Waals surface area contributed by atoms with Crippen LogP contribution in [-0.4, -0.2) is 31.6 Å². The van der Waals surface area contributed by atoms with Gasteiger partial charge in [0.2, 0.25) is 0 Å². The van der Waals surface area contributed by atoms with Crippen molar-refractivity contribution in [2.24, 2.45) is 0 Å². The van der Waals surface area contributed by atoms with Crippen molar-refractivity contribution in [3.8, 4) is 11.1 Å². The SMILES string of the molecule is CCOC(=O)c1c(N)sc(CN(C)C)c1-c1ccc(C)cc1. The van der Waals surface area contributed by atoms with Gasteiger partial charge in [-0.2, -0.15) is 0 Å². The molecule has 1 aromatic heterocycles. The number of benzene rings is 1. The van der Waals surface area contributed by atoms with Crippen LogP contribution in [-0.2, 0) is 11.3 Å². The van der Waals surface area contributed by atoms with Gasteiger partial charge >= 0.3 is 5.97 Å². The van der Waals surface area contributed by atoms with Crippen molar-refractivity contribution in [1.29, 1.82) is 0 Å². The fourth-order valence-corrected chi connectivity index (χ4v) is 3.53. The van der Waals surface area contributed by atoms with E-state index in [-0.39, 0.29) is 5.97 Å². The number of ether oxygens (including phenoxy) is 1. The van der Waals surface area contributed by atoms with Crippen LogP contribution < -0.4 is 5.73 Å². The molecule has 1 aromatic carbocycles. The van der Waals surface area contributed by atoms with Gasteiger partial charge in [0.1, 0.15) is 10.6 Å². The van der Waals surface area contributed by atoms with E-state index in [9.17, 15) is 4.79 Å². The number of hydrogen-bond donors (Lipinski definition) is 1. The Balaban J connectivity index is 2.60. The van der Waals surface area contributed by atoms with E-state index in [2.05, 4.69) is 4.90 Å². The van der Waals surface area contributed by atoms with E-state index in [0.29, 0.717) is 17.2 Å². The molecule has 0 atom stereocenters. The van der Waals surface area contributed by atoms with Crippen LogP contribution >= 0.6 is 11.3 Å². The van der Waals surface area contributed by atoms with Gasteiger partial charge in [-0.15, -0.1) is 11.3 Å².